The number of carbonyl (C=O) groups excluding carboxylic acids is 1. The van der Waals surface area contributed by atoms with Crippen LogP contribution >= 0.6 is 0 Å². The maximum Gasteiger partial charge on any atom is 0.253 e. The highest BCUT2D eigenvalue weighted by atomic mass is 32.2. The molecule has 0 atom stereocenters. The molecule has 0 aliphatic rings. The van der Waals surface area contributed by atoms with Gasteiger partial charge in [-0.05, 0) is 24.1 Å². The number of benzene rings is 1. The maximum atomic E-state index is 12.3. The number of methoxy groups -OCH3 is 1. The van der Waals surface area contributed by atoms with Gasteiger partial charge in [-0.1, -0.05) is 19.9 Å². The zero-order chi connectivity index (χ0) is 16.8. The van der Waals surface area contributed by atoms with Crippen LogP contribution in [0.25, 0.3) is 0 Å². The van der Waals surface area contributed by atoms with E-state index in [4.69, 9.17) is 4.74 Å². The third-order valence-electron chi connectivity index (χ3n) is 2.98. The first-order valence-electron chi connectivity index (χ1n) is 7.12. The van der Waals surface area contributed by atoms with Gasteiger partial charge in [-0.3, -0.25) is 4.79 Å². The van der Waals surface area contributed by atoms with E-state index in [0.717, 1.165) is 0 Å². The number of hydrogen-bond donors (Lipinski definition) is 1. The molecular weight excluding hydrogens is 304 g/mol. The Balaban J connectivity index is 2.92. The predicted octanol–water partition coefficient (Wildman–Crippen LogP) is 1.34. The number of ether oxygens (including phenoxy) is 1. The van der Waals surface area contributed by atoms with Gasteiger partial charge in [-0.15, -0.1) is 0 Å². The zero-order valence-corrected chi connectivity index (χ0v) is 14.3. The van der Waals surface area contributed by atoms with E-state index in [1.54, 1.807) is 24.1 Å². The first-order chi connectivity index (χ1) is 10.3. The van der Waals surface area contributed by atoms with Crippen LogP contribution in [0.3, 0.4) is 0 Å². The highest BCUT2D eigenvalue weighted by Gasteiger charge is 2.18. The molecule has 0 saturated heterocycles. The average Bonchev–Trinajstić information content (AvgIpc) is 2.46. The van der Waals surface area contributed by atoms with Crippen LogP contribution in [0.15, 0.2) is 29.2 Å². The topological polar surface area (TPSA) is 75.7 Å². The average molecular weight is 328 g/mol. The highest BCUT2D eigenvalue weighted by Crippen LogP contribution is 2.13. The monoisotopic (exact) mass is 328 g/mol. The third kappa shape index (κ3) is 5.40. The number of amides is 1. The van der Waals surface area contributed by atoms with Gasteiger partial charge < -0.3 is 9.64 Å². The van der Waals surface area contributed by atoms with Crippen LogP contribution in [0.5, 0.6) is 0 Å². The van der Waals surface area contributed by atoms with Crippen LogP contribution in [-0.2, 0) is 14.8 Å². The molecule has 6 nitrogen and oxygen atoms in total. The van der Waals surface area contributed by atoms with Gasteiger partial charge in [-0.25, -0.2) is 13.1 Å². The Kier molecular flexibility index (Phi) is 6.99. The van der Waals surface area contributed by atoms with Crippen molar-refractivity contribution in [3.63, 3.8) is 0 Å². The molecule has 0 aromatic heterocycles. The van der Waals surface area contributed by atoms with Gasteiger partial charge in [0.05, 0.1) is 11.5 Å². The summed E-state index contributed by atoms with van der Waals surface area (Å²) in [6.45, 7) is 5.12. The summed E-state index contributed by atoms with van der Waals surface area (Å²) in [5, 5.41) is 0. The molecular formula is C15H24N2O4S. The van der Waals surface area contributed by atoms with Gasteiger partial charge in [0, 0.05) is 32.8 Å². The molecule has 1 rings (SSSR count). The van der Waals surface area contributed by atoms with Gasteiger partial charge in [0.15, 0.2) is 0 Å². The summed E-state index contributed by atoms with van der Waals surface area (Å²) in [7, 11) is -0.431. The first kappa shape index (κ1) is 18.6. The summed E-state index contributed by atoms with van der Waals surface area (Å²) in [6.07, 6.45) is 0. The van der Waals surface area contributed by atoms with Crippen molar-refractivity contribution in [2.45, 2.75) is 18.7 Å². The molecule has 7 heteroatoms. The summed E-state index contributed by atoms with van der Waals surface area (Å²) in [5.74, 6) is 0.152. The van der Waals surface area contributed by atoms with Crippen LogP contribution in [0.4, 0.5) is 0 Å². The van der Waals surface area contributed by atoms with Gasteiger partial charge in [0.1, 0.15) is 0 Å². The molecule has 0 aliphatic carbocycles. The fourth-order valence-corrected chi connectivity index (χ4v) is 3.07. The minimum Gasteiger partial charge on any atom is -0.383 e. The van der Waals surface area contributed by atoms with Crippen molar-refractivity contribution in [2.75, 3.05) is 33.9 Å². The molecule has 0 radical (unpaired) electrons. The number of hydrogen-bond acceptors (Lipinski definition) is 4. The van der Waals surface area contributed by atoms with Crippen LogP contribution in [0, 0.1) is 5.92 Å². The van der Waals surface area contributed by atoms with Crippen molar-refractivity contribution >= 4 is 15.9 Å². The molecule has 0 saturated carbocycles. The normalized spacial score (nSPS) is 11.7. The Morgan fingerprint density at radius 3 is 2.64 bits per heavy atom. The summed E-state index contributed by atoms with van der Waals surface area (Å²) in [6, 6.07) is 6.05. The highest BCUT2D eigenvalue weighted by molar-refractivity contribution is 7.89. The van der Waals surface area contributed by atoms with Gasteiger partial charge in [0.2, 0.25) is 10.0 Å². The molecule has 1 amide bonds. The molecule has 1 aromatic carbocycles. The van der Waals surface area contributed by atoms with E-state index in [2.05, 4.69) is 4.72 Å². The minimum absolute atomic E-state index is 0.0763. The molecule has 0 fully saturated rings. The molecule has 1 N–H and O–H groups in total. The Morgan fingerprint density at radius 1 is 1.36 bits per heavy atom. The summed E-state index contributed by atoms with van der Waals surface area (Å²) >= 11 is 0. The Hall–Kier alpha value is -1.44. The van der Waals surface area contributed by atoms with Crippen molar-refractivity contribution in [3.05, 3.63) is 29.8 Å². The molecule has 124 valence electrons. The number of sulfonamides is 1. The van der Waals surface area contributed by atoms with E-state index in [9.17, 15) is 13.2 Å². The van der Waals surface area contributed by atoms with Gasteiger partial charge >= 0.3 is 0 Å². The lowest BCUT2D eigenvalue weighted by Gasteiger charge is -2.19. The molecule has 0 unspecified atom stereocenters. The standard InChI is InChI=1S/C15H24N2O4S/c1-12(2)11-17(3)15(18)13-6-5-7-14(10-13)22(19,20)16-8-9-21-4/h5-7,10,12,16H,8-9,11H2,1-4H3. The summed E-state index contributed by atoms with van der Waals surface area (Å²) in [5.41, 5.74) is 0.359. The van der Waals surface area contributed by atoms with Crippen molar-refractivity contribution in [1.82, 2.24) is 9.62 Å². The van der Waals surface area contributed by atoms with E-state index in [-0.39, 0.29) is 24.0 Å². The largest absolute Gasteiger partial charge is 0.383 e. The first-order valence-corrected chi connectivity index (χ1v) is 8.60. The van der Waals surface area contributed by atoms with Crippen LogP contribution in [0.1, 0.15) is 24.2 Å². The van der Waals surface area contributed by atoms with Crippen LogP contribution in [-0.4, -0.2) is 53.1 Å². The van der Waals surface area contributed by atoms with Gasteiger partial charge in [0.25, 0.3) is 5.91 Å². The molecule has 1 aromatic rings. The fourth-order valence-electron chi connectivity index (χ4n) is 2.01. The minimum atomic E-state index is -3.64. The SMILES string of the molecule is COCCNS(=O)(=O)c1cccc(C(=O)N(C)CC(C)C)c1. The molecule has 0 spiro atoms. The predicted molar refractivity (Wildman–Crippen MR) is 85.3 cm³/mol. The number of nitrogens with one attached hydrogen (secondary N) is 1. The second-order valence-corrected chi connectivity index (χ2v) is 7.26. The third-order valence-corrected chi connectivity index (χ3v) is 4.43. The van der Waals surface area contributed by atoms with Crippen molar-refractivity contribution in [1.29, 1.82) is 0 Å². The number of rotatable bonds is 8. The van der Waals surface area contributed by atoms with Crippen molar-refractivity contribution < 1.29 is 17.9 Å². The second kappa shape index (κ2) is 8.26. The Labute approximate surface area is 132 Å². The Morgan fingerprint density at radius 2 is 2.05 bits per heavy atom. The van der Waals surface area contributed by atoms with E-state index in [1.165, 1.54) is 19.2 Å². The van der Waals surface area contributed by atoms with E-state index in [0.29, 0.717) is 18.0 Å². The number of carbonyl (C=O) groups is 1. The fraction of sp³-hybridized carbons (Fsp3) is 0.533. The number of nitrogens with zero attached hydrogens (tertiary/aromatic N) is 1. The molecule has 0 heterocycles. The van der Waals surface area contributed by atoms with E-state index >= 15 is 0 Å². The smallest absolute Gasteiger partial charge is 0.253 e. The lowest BCUT2D eigenvalue weighted by Crippen LogP contribution is -2.31. The van der Waals surface area contributed by atoms with E-state index in [1.807, 2.05) is 13.8 Å². The summed E-state index contributed by atoms with van der Waals surface area (Å²) < 4.78 is 31.5. The Bertz CT molecular complexity index is 599. The van der Waals surface area contributed by atoms with Gasteiger partial charge in [-0.2, -0.15) is 0 Å². The molecule has 22 heavy (non-hydrogen) atoms. The van der Waals surface area contributed by atoms with Crippen molar-refractivity contribution in [3.8, 4) is 0 Å². The second-order valence-electron chi connectivity index (χ2n) is 5.50. The van der Waals surface area contributed by atoms with E-state index < -0.39 is 10.0 Å². The maximum absolute atomic E-state index is 12.3. The quantitative estimate of drug-likeness (QED) is 0.731. The lowest BCUT2D eigenvalue weighted by molar-refractivity contribution is 0.0779. The van der Waals surface area contributed by atoms with Crippen LogP contribution in [0.2, 0.25) is 0 Å². The molecule has 0 bridgehead atoms. The van der Waals surface area contributed by atoms with Crippen molar-refractivity contribution in [2.24, 2.45) is 5.92 Å². The van der Waals surface area contributed by atoms with Crippen LogP contribution < -0.4 is 4.72 Å². The zero-order valence-electron chi connectivity index (χ0n) is 13.5. The molecule has 0 aliphatic heterocycles. The lowest BCUT2D eigenvalue weighted by atomic mass is 10.1. The summed E-state index contributed by atoms with van der Waals surface area (Å²) in [4.78, 5) is 14.0.